The molecule has 4 nitrogen and oxygen atoms in total. The van der Waals surface area contributed by atoms with Gasteiger partial charge in [-0.05, 0) is 12.1 Å². The fourth-order valence-electron chi connectivity index (χ4n) is 0.453. The summed E-state index contributed by atoms with van der Waals surface area (Å²) in [6.45, 7) is 0. The summed E-state index contributed by atoms with van der Waals surface area (Å²) in [5.41, 5.74) is 6.18. The van der Waals surface area contributed by atoms with E-state index < -0.39 is 7.32 Å². The zero-order valence-corrected chi connectivity index (χ0v) is 18.1. The summed E-state index contributed by atoms with van der Waals surface area (Å²) in [5.74, 6) is 0. The zero-order valence-electron chi connectivity index (χ0n) is 8.77. The first-order valence-electron chi connectivity index (χ1n) is 2.91. The maximum absolute atomic E-state index is 8.42. The van der Waals surface area contributed by atoms with Gasteiger partial charge in [-0.15, -0.1) is 0 Å². The first-order chi connectivity index (χ1) is 5.13. The molecule has 0 atom stereocenters. The Bertz CT molecular complexity index is 188. The van der Waals surface area contributed by atoms with Crippen LogP contribution in [-0.2, 0) is 0 Å². The Balaban J connectivity index is -0.0000000650. The molecule has 0 aliphatic heterocycles. The molecule has 2 N–H and O–H groups in total. The van der Waals surface area contributed by atoms with Crippen LogP contribution in [0.25, 0.3) is 0 Å². The summed E-state index contributed by atoms with van der Waals surface area (Å²) >= 11 is 0. The number of hydrogen-bond donors (Lipinski definition) is 1. The summed E-state index contributed by atoms with van der Waals surface area (Å²) in [7, 11) is -2.92. The van der Waals surface area contributed by atoms with Gasteiger partial charge in [0.05, 0.1) is 0 Å². The van der Waals surface area contributed by atoms with Crippen molar-refractivity contribution >= 4 is 13.0 Å². The third-order valence-electron chi connectivity index (χ3n) is 0.800. The number of nitrogens with two attached hydrogens (primary N) is 1. The van der Waals surface area contributed by atoms with Crippen LogP contribution in [0.5, 0.6) is 0 Å². The van der Waals surface area contributed by atoms with Crippen LogP contribution >= 0.6 is 0 Å². The summed E-state index contributed by atoms with van der Waals surface area (Å²) < 4.78 is 0. The second-order valence-corrected chi connectivity index (χ2v) is 1.70. The minimum absolute atomic E-state index is 0. The quantitative estimate of drug-likeness (QED) is 0.374. The van der Waals surface area contributed by atoms with Gasteiger partial charge in [0.15, 0.2) is 0 Å². The third-order valence-corrected chi connectivity index (χ3v) is 0.800. The summed E-state index contributed by atoms with van der Waals surface area (Å²) in [6, 6.07) is 9.49. The Morgan fingerprint density at radius 3 is 1.29 bits per heavy atom. The molecule has 0 heterocycles. The molecule has 0 radical (unpaired) electrons. The van der Waals surface area contributed by atoms with Crippen LogP contribution in [-0.4, -0.2) is 7.32 Å². The van der Waals surface area contributed by atoms with Crippen molar-refractivity contribution in [3.63, 3.8) is 0 Å². The van der Waals surface area contributed by atoms with Gasteiger partial charge in [0, 0.05) is 5.69 Å². The van der Waals surface area contributed by atoms with E-state index in [0.717, 1.165) is 5.69 Å². The molecule has 0 spiro atoms. The molecule has 1 rings (SSSR count). The molecule has 0 unspecified atom stereocenters. The molecule has 0 aromatic heterocycles. The van der Waals surface area contributed by atoms with Gasteiger partial charge in [-0.25, -0.2) is 0 Å². The summed E-state index contributed by atoms with van der Waals surface area (Å²) in [4.78, 5) is 0. The number of para-hydroxylation sites is 1. The van der Waals surface area contributed by atoms with Crippen molar-refractivity contribution in [2.45, 2.75) is 0 Å². The van der Waals surface area contributed by atoms with Crippen molar-refractivity contribution in [2.75, 3.05) is 5.73 Å². The van der Waals surface area contributed by atoms with Crippen LogP contribution in [0.15, 0.2) is 30.3 Å². The molecule has 0 aliphatic rings. The van der Waals surface area contributed by atoms with Gasteiger partial charge >= 0.3 is 154 Å². The van der Waals surface area contributed by atoms with Crippen LogP contribution < -0.4 is 175 Å². The van der Waals surface area contributed by atoms with E-state index in [-0.39, 0.29) is 154 Å². The fraction of sp³-hybridized carbons (Fsp3) is 0. The Morgan fingerprint density at radius 2 is 1.14 bits per heavy atom. The summed E-state index contributed by atoms with van der Waals surface area (Å²) in [5, 5.41) is 25.2. The van der Waals surface area contributed by atoms with Crippen molar-refractivity contribution in [2.24, 2.45) is 0 Å². The second kappa shape index (κ2) is 19.2. The SMILES string of the molecule is Nc1ccccc1.[K+].[K+].[K+].[O-]B([O-])[O-]. The molecule has 0 fully saturated rings. The maximum atomic E-state index is 8.42. The normalized spacial score (nSPS) is 6.21. The van der Waals surface area contributed by atoms with E-state index in [1.54, 1.807) is 0 Å². The Morgan fingerprint density at radius 1 is 0.857 bits per heavy atom. The van der Waals surface area contributed by atoms with Crippen molar-refractivity contribution in [3.8, 4) is 0 Å². The zero-order chi connectivity index (χ0) is 8.69. The van der Waals surface area contributed by atoms with Crippen LogP contribution in [0.4, 0.5) is 5.69 Å². The van der Waals surface area contributed by atoms with Crippen LogP contribution in [0, 0.1) is 0 Å². The van der Waals surface area contributed by atoms with Gasteiger partial charge in [0.2, 0.25) is 0 Å². The Labute approximate surface area is 212 Å². The predicted molar refractivity (Wildman–Crippen MR) is 36.6 cm³/mol. The maximum Gasteiger partial charge on any atom is 1.00 e. The number of benzene rings is 1. The molecule has 0 saturated heterocycles. The number of nitrogen functional groups attached to an aromatic ring is 1. The van der Waals surface area contributed by atoms with Crippen LogP contribution in [0.1, 0.15) is 0 Å². The van der Waals surface area contributed by atoms with Gasteiger partial charge in [0.1, 0.15) is 0 Å². The molecule has 1 aromatic rings. The van der Waals surface area contributed by atoms with E-state index in [4.69, 9.17) is 20.8 Å². The van der Waals surface area contributed by atoms with Gasteiger partial charge in [0.25, 0.3) is 0 Å². The first kappa shape index (κ1) is 26.4. The molecule has 8 heteroatoms. The van der Waals surface area contributed by atoms with Crippen LogP contribution in [0.3, 0.4) is 0 Å². The minimum Gasteiger partial charge on any atom is -0.907 e. The van der Waals surface area contributed by atoms with Crippen molar-refractivity contribution in [1.82, 2.24) is 0 Å². The first-order valence-corrected chi connectivity index (χ1v) is 2.91. The second-order valence-electron chi connectivity index (χ2n) is 1.70. The van der Waals surface area contributed by atoms with E-state index in [1.807, 2.05) is 30.3 Å². The predicted octanol–water partition coefficient (Wildman–Crippen LogP) is -11.7. The van der Waals surface area contributed by atoms with Crippen LogP contribution in [0.2, 0.25) is 0 Å². The molecule has 1 aromatic carbocycles. The monoisotopic (exact) mass is 269 g/mol. The number of rotatable bonds is 0. The summed E-state index contributed by atoms with van der Waals surface area (Å²) in [6.07, 6.45) is 0. The van der Waals surface area contributed by atoms with Gasteiger partial charge in [-0.1, -0.05) is 18.2 Å². The topological polar surface area (TPSA) is 95.2 Å². The average molecular weight is 269 g/mol. The van der Waals surface area contributed by atoms with Gasteiger partial charge < -0.3 is 20.8 Å². The van der Waals surface area contributed by atoms with Crippen molar-refractivity contribution < 1.29 is 169 Å². The molecule has 60 valence electrons. The van der Waals surface area contributed by atoms with Crippen molar-refractivity contribution in [3.05, 3.63) is 30.3 Å². The van der Waals surface area contributed by atoms with E-state index in [0.29, 0.717) is 0 Å². The van der Waals surface area contributed by atoms with Gasteiger partial charge in [-0.3, -0.25) is 7.32 Å². The van der Waals surface area contributed by atoms with E-state index >= 15 is 0 Å². The minimum atomic E-state index is -2.92. The van der Waals surface area contributed by atoms with Gasteiger partial charge in [-0.2, -0.15) is 0 Å². The Kier molecular flexibility index (Phi) is 36.3. The molecule has 14 heavy (non-hydrogen) atoms. The Hall–Kier alpha value is 3.87. The molecule has 0 bridgehead atoms. The van der Waals surface area contributed by atoms with E-state index in [1.165, 1.54) is 0 Å². The average Bonchev–Trinajstić information content (AvgIpc) is 1.87. The largest absolute Gasteiger partial charge is 1.00 e. The van der Waals surface area contributed by atoms with E-state index in [2.05, 4.69) is 0 Å². The molecule has 0 saturated carbocycles. The molecular formula is C6H7BK3NO3. The molecular weight excluding hydrogens is 262 g/mol. The fourth-order valence-corrected chi connectivity index (χ4v) is 0.453. The van der Waals surface area contributed by atoms with E-state index in [9.17, 15) is 0 Å². The molecule has 0 amide bonds. The standard InChI is InChI=1S/C6H7N.BO3.3K/c7-6-4-2-1-3-5-6;2-1(3)4;;;/h1-5H,7H2;;;;/q;-3;3*+1. The number of hydrogen-bond acceptors (Lipinski definition) is 4. The number of anilines is 1. The smallest absolute Gasteiger partial charge is 0.907 e. The third kappa shape index (κ3) is 24.9. The van der Waals surface area contributed by atoms with Crippen molar-refractivity contribution in [1.29, 1.82) is 0 Å². The molecule has 0 aliphatic carbocycles.